The Kier molecular flexibility index (Phi) is 15.0. The van der Waals surface area contributed by atoms with Gasteiger partial charge in [0.05, 0.1) is 0 Å². The Balaban J connectivity index is 1.41. The molecule has 1 N–H and O–H groups in total. The summed E-state index contributed by atoms with van der Waals surface area (Å²) in [4.78, 5) is 16.3. The molecule has 0 atom stereocenters. The molecule has 2 aromatic rings. The van der Waals surface area contributed by atoms with E-state index < -0.39 is 0 Å². The summed E-state index contributed by atoms with van der Waals surface area (Å²) >= 11 is 0. The quantitative estimate of drug-likeness (QED) is 0.217. The van der Waals surface area contributed by atoms with Gasteiger partial charge in [-0.2, -0.15) is 0 Å². The Bertz CT molecular complexity index is 727. The lowest BCUT2D eigenvalue weighted by Crippen LogP contribution is -2.11. The largest absolute Gasteiger partial charge is 0.326 e. The van der Waals surface area contributed by atoms with Crippen molar-refractivity contribution in [3.8, 4) is 0 Å². The highest BCUT2D eigenvalue weighted by atomic mass is 16.1. The molecule has 1 heterocycles. The molecule has 0 radical (unpaired) electrons. The summed E-state index contributed by atoms with van der Waals surface area (Å²) in [5.74, 6) is 0.131. The van der Waals surface area contributed by atoms with Gasteiger partial charge in [-0.05, 0) is 48.2 Å². The van der Waals surface area contributed by atoms with Gasteiger partial charge in [-0.3, -0.25) is 9.78 Å². The minimum atomic E-state index is 0.131. The van der Waals surface area contributed by atoms with Gasteiger partial charge in [-0.15, -0.1) is 0 Å². The third-order valence-electron chi connectivity index (χ3n) is 6.40. The van der Waals surface area contributed by atoms with Crippen LogP contribution < -0.4 is 5.32 Å². The minimum absolute atomic E-state index is 0.131. The average Bonchev–Trinajstić information content (AvgIpc) is 2.83. The molecule has 1 amide bonds. The van der Waals surface area contributed by atoms with Crippen molar-refractivity contribution in [3.63, 3.8) is 0 Å². The summed E-state index contributed by atoms with van der Waals surface area (Å²) in [6, 6.07) is 12.2. The summed E-state index contributed by atoms with van der Waals surface area (Å²) < 4.78 is 0. The molecule has 3 heteroatoms. The van der Waals surface area contributed by atoms with E-state index in [-0.39, 0.29) is 5.91 Å². The number of nitrogens with one attached hydrogen (secondary N) is 1. The number of hydrogen-bond acceptors (Lipinski definition) is 2. The van der Waals surface area contributed by atoms with Crippen molar-refractivity contribution in [1.29, 1.82) is 0 Å². The van der Waals surface area contributed by atoms with E-state index in [1.807, 2.05) is 36.7 Å². The number of hydrogen-bond donors (Lipinski definition) is 1. The zero-order valence-electron chi connectivity index (χ0n) is 21.0. The van der Waals surface area contributed by atoms with E-state index in [0.717, 1.165) is 24.9 Å². The number of rotatable bonds is 19. The van der Waals surface area contributed by atoms with Crippen LogP contribution in [0.3, 0.4) is 0 Å². The molecule has 0 unspecified atom stereocenters. The monoisotopic (exact) mass is 450 g/mol. The maximum atomic E-state index is 12.2. The van der Waals surface area contributed by atoms with Gasteiger partial charge in [0.1, 0.15) is 0 Å². The van der Waals surface area contributed by atoms with E-state index in [0.29, 0.717) is 6.42 Å². The van der Waals surface area contributed by atoms with E-state index >= 15 is 0 Å². The van der Waals surface area contributed by atoms with Gasteiger partial charge < -0.3 is 5.32 Å². The number of anilines is 1. The van der Waals surface area contributed by atoms with E-state index in [9.17, 15) is 4.79 Å². The number of carbonyl (C=O) groups is 1. The molecular formula is C30H46N2O. The molecule has 3 nitrogen and oxygen atoms in total. The second-order valence-electron chi connectivity index (χ2n) is 9.48. The molecule has 0 saturated carbocycles. The van der Waals surface area contributed by atoms with Crippen molar-refractivity contribution in [2.75, 3.05) is 5.32 Å². The van der Waals surface area contributed by atoms with Crippen LogP contribution in [0.2, 0.25) is 0 Å². The van der Waals surface area contributed by atoms with Crippen molar-refractivity contribution in [2.45, 2.75) is 116 Å². The highest BCUT2D eigenvalue weighted by Crippen LogP contribution is 2.16. The van der Waals surface area contributed by atoms with Gasteiger partial charge in [0, 0.05) is 24.5 Å². The van der Waals surface area contributed by atoms with Gasteiger partial charge in [-0.25, -0.2) is 0 Å². The zero-order chi connectivity index (χ0) is 23.4. The van der Waals surface area contributed by atoms with Gasteiger partial charge in [0.2, 0.25) is 5.91 Å². The third kappa shape index (κ3) is 13.9. The lowest BCUT2D eigenvalue weighted by atomic mass is 10.0. The fourth-order valence-corrected chi connectivity index (χ4v) is 4.32. The van der Waals surface area contributed by atoms with Crippen molar-refractivity contribution < 1.29 is 4.79 Å². The molecule has 0 fully saturated rings. The van der Waals surface area contributed by atoms with E-state index in [1.165, 1.54) is 94.6 Å². The number of amides is 1. The maximum Gasteiger partial charge on any atom is 0.224 e. The Labute approximate surface area is 202 Å². The van der Waals surface area contributed by atoms with Crippen molar-refractivity contribution in [2.24, 2.45) is 0 Å². The van der Waals surface area contributed by atoms with Crippen LogP contribution in [0.1, 0.15) is 121 Å². The molecule has 1 aromatic carbocycles. The fourth-order valence-electron chi connectivity index (χ4n) is 4.32. The van der Waals surface area contributed by atoms with Gasteiger partial charge in [-0.1, -0.05) is 109 Å². The molecule has 0 spiro atoms. The van der Waals surface area contributed by atoms with Gasteiger partial charge in [0.15, 0.2) is 0 Å². The Morgan fingerprint density at radius 1 is 0.636 bits per heavy atom. The highest BCUT2D eigenvalue weighted by Gasteiger charge is 2.03. The SMILES string of the molecule is CCCCCCCCCCCCCCCCCC(=O)Nc1ccc(Cc2ccncc2)cc1. The number of aromatic nitrogens is 1. The van der Waals surface area contributed by atoms with Crippen LogP contribution >= 0.6 is 0 Å². The predicted octanol–water partition coefficient (Wildman–Crippen LogP) is 8.87. The summed E-state index contributed by atoms with van der Waals surface area (Å²) in [6.07, 6.45) is 25.3. The van der Waals surface area contributed by atoms with Crippen LogP contribution in [0.15, 0.2) is 48.8 Å². The number of carbonyl (C=O) groups excluding carboxylic acids is 1. The topological polar surface area (TPSA) is 42.0 Å². The van der Waals surface area contributed by atoms with Crippen molar-refractivity contribution in [3.05, 3.63) is 59.9 Å². The van der Waals surface area contributed by atoms with Gasteiger partial charge in [0.25, 0.3) is 0 Å². The minimum Gasteiger partial charge on any atom is -0.326 e. The van der Waals surface area contributed by atoms with E-state index in [4.69, 9.17) is 0 Å². The Morgan fingerprint density at radius 2 is 1.09 bits per heavy atom. The standard InChI is InChI=1S/C30H46N2O/c1-2-3-4-5-6-7-8-9-10-11-12-13-14-15-16-17-30(33)32-29-20-18-27(19-21-29)26-28-22-24-31-25-23-28/h18-25H,2-17,26H2,1H3,(H,32,33). The van der Waals surface area contributed by atoms with Crippen LogP contribution in [0.25, 0.3) is 0 Å². The molecule has 0 saturated heterocycles. The first-order chi connectivity index (χ1) is 16.3. The number of unbranched alkanes of at least 4 members (excludes halogenated alkanes) is 14. The Hall–Kier alpha value is -2.16. The second kappa shape index (κ2) is 18.3. The molecule has 0 aliphatic heterocycles. The lowest BCUT2D eigenvalue weighted by molar-refractivity contribution is -0.116. The molecule has 0 aliphatic carbocycles. The molecular weight excluding hydrogens is 404 g/mol. The third-order valence-corrected chi connectivity index (χ3v) is 6.40. The van der Waals surface area contributed by atoms with Crippen molar-refractivity contribution >= 4 is 11.6 Å². The molecule has 1 aromatic heterocycles. The molecule has 2 rings (SSSR count). The molecule has 0 bridgehead atoms. The maximum absolute atomic E-state index is 12.2. The Morgan fingerprint density at radius 3 is 1.61 bits per heavy atom. The zero-order valence-corrected chi connectivity index (χ0v) is 21.0. The highest BCUT2D eigenvalue weighted by molar-refractivity contribution is 5.90. The van der Waals surface area contributed by atoms with Crippen molar-refractivity contribution in [1.82, 2.24) is 4.98 Å². The van der Waals surface area contributed by atoms with Gasteiger partial charge >= 0.3 is 0 Å². The van der Waals surface area contributed by atoms with Crippen LogP contribution in [0.4, 0.5) is 5.69 Å². The number of pyridine rings is 1. The predicted molar refractivity (Wildman–Crippen MR) is 142 cm³/mol. The summed E-state index contributed by atoms with van der Waals surface area (Å²) in [5.41, 5.74) is 3.37. The number of nitrogens with zero attached hydrogens (tertiary/aromatic N) is 1. The molecule has 33 heavy (non-hydrogen) atoms. The molecule has 182 valence electrons. The van der Waals surface area contributed by atoms with E-state index in [1.54, 1.807) is 0 Å². The first-order valence-electron chi connectivity index (χ1n) is 13.6. The normalized spacial score (nSPS) is 10.9. The fraction of sp³-hybridized carbons (Fsp3) is 0.600. The number of benzene rings is 1. The summed E-state index contributed by atoms with van der Waals surface area (Å²) in [5, 5.41) is 3.03. The van der Waals surface area contributed by atoms with Crippen LogP contribution in [-0.2, 0) is 11.2 Å². The van der Waals surface area contributed by atoms with Crippen LogP contribution in [0, 0.1) is 0 Å². The summed E-state index contributed by atoms with van der Waals surface area (Å²) in [6.45, 7) is 2.28. The average molecular weight is 451 g/mol. The van der Waals surface area contributed by atoms with Crippen LogP contribution in [-0.4, -0.2) is 10.9 Å². The van der Waals surface area contributed by atoms with E-state index in [2.05, 4.69) is 29.4 Å². The second-order valence-corrected chi connectivity index (χ2v) is 9.48. The first-order valence-corrected chi connectivity index (χ1v) is 13.6. The summed E-state index contributed by atoms with van der Waals surface area (Å²) in [7, 11) is 0. The smallest absolute Gasteiger partial charge is 0.224 e. The first kappa shape index (κ1) is 27.1. The lowest BCUT2D eigenvalue weighted by Gasteiger charge is -2.07. The van der Waals surface area contributed by atoms with Crippen LogP contribution in [0.5, 0.6) is 0 Å². The molecule has 0 aliphatic rings.